The van der Waals surface area contributed by atoms with E-state index in [9.17, 15) is 4.79 Å². The van der Waals surface area contributed by atoms with Gasteiger partial charge in [0.2, 0.25) is 0 Å². The van der Waals surface area contributed by atoms with Gasteiger partial charge in [-0.25, -0.2) is 4.79 Å². The number of hydrogen-bond acceptors (Lipinski definition) is 4. The van der Waals surface area contributed by atoms with Gasteiger partial charge in [-0.15, -0.1) is 0 Å². The zero-order chi connectivity index (χ0) is 18.9. The number of rotatable bonds is 4. The Balaban J connectivity index is 0.00000117. The maximum atomic E-state index is 11.5. The highest BCUT2D eigenvalue weighted by Gasteiger charge is 2.13. The Morgan fingerprint density at radius 1 is 1.08 bits per heavy atom. The minimum Gasteiger partial charge on any atom is -0.465 e. The molecule has 0 bridgehead atoms. The number of nitrogens with one attached hydrogen (secondary N) is 2. The summed E-state index contributed by atoms with van der Waals surface area (Å²) >= 11 is 0. The van der Waals surface area contributed by atoms with Crippen molar-refractivity contribution in [2.45, 2.75) is 40.2 Å². The molecule has 2 aromatic carbocycles. The molecule has 0 amide bonds. The van der Waals surface area contributed by atoms with E-state index in [4.69, 9.17) is 4.74 Å². The third kappa shape index (κ3) is 4.85. The van der Waals surface area contributed by atoms with Crippen LogP contribution in [0.25, 0.3) is 0 Å². The molecule has 140 valence electrons. The van der Waals surface area contributed by atoms with Gasteiger partial charge in [-0.05, 0) is 67.2 Å². The molecular formula is C22H30N2O2. The third-order valence-corrected chi connectivity index (χ3v) is 4.59. The molecule has 4 heteroatoms. The Morgan fingerprint density at radius 3 is 2.46 bits per heavy atom. The number of carbonyl (C=O) groups excluding carboxylic acids is 1. The lowest BCUT2D eigenvalue weighted by Gasteiger charge is -2.17. The van der Waals surface area contributed by atoms with Gasteiger partial charge in [0.25, 0.3) is 0 Å². The highest BCUT2D eigenvalue weighted by atomic mass is 16.5. The number of hydrogen-bond donors (Lipinski definition) is 2. The molecule has 0 aromatic heterocycles. The minimum atomic E-state index is -0.300. The first kappa shape index (κ1) is 20.0. The second kappa shape index (κ2) is 9.97. The van der Waals surface area contributed by atoms with Gasteiger partial charge in [0.05, 0.1) is 12.7 Å². The van der Waals surface area contributed by atoms with Crippen LogP contribution in [-0.4, -0.2) is 26.2 Å². The maximum Gasteiger partial charge on any atom is 0.337 e. The van der Waals surface area contributed by atoms with Crippen LogP contribution in [0, 0.1) is 6.92 Å². The first-order valence-corrected chi connectivity index (χ1v) is 9.42. The van der Waals surface area contributed by atoms with Gasteiger partial charge in [0.15, 0.2) is 0 Å². The second-order valence-corrected chi connectivity index (χ2v) is 6.19. The van der Waals surface area contributed by atoms with E-state index in [-0.39, 0.29) is 5.97 Å². The van der Waals surface area contributed by atoms with E-state index in [2.05, 4.69) is 29.7 Å². The fourth-order valence-electron chi connectivity index (χ4n) is 3.20. The van der Waals surface area contributed by atoms with Crippen molar-refractivity contribution in [1.29, 1.82) is 0 Å². The van der Waals surface area contributed by atoms with E-state index in [0.717, 1.165) is 38.0 Å². The van der Waals surface area contributed by atoms with Crippen LogP contribution in [0.1, 0.15) is 46.5 Å². The van der Waals surface area contributed by atoms with Crippen LogP contribution in [0.4, 0.5) is 5.69 Å². The largest absolute Gasteiger partial charge is 0.465 e. The van der Waals surface area contributed by atoms with Crippen LogP contribution < -0.4 is 10.6 Å². The zero-order valence-corrected chi connectivity index (χ0v) is 16.3. The second-order valence-electron chi connectivity index (χ2n) is 6.19. The SMILES string of the molecule is CC.COC(=O)c1ccc(CNc2c(C)ccc3c2CCNCC3)cc1. The molecule has 0 spiro atoms. The number of aryl methyl sites for hydroxylation is 1. The van der Waals surface area contributed by atoms with Gasteiger partial charge in [0, 0.05) is 12.2 Å². The average molecular weight is 354 g/mol. The number of fused-ring (bicyclic) bond motifs is 1. The Morgan fingerprint density at radius 2 is 1.77 bits per heavy atom. The lowest BCUT2D eigenvalue weighted by molar-refractivity contribution is 0.0600. The van der Waals surface area contributed by atoms with Crippen LogP contribution in [0.2, 0.25) is 0 Å². The first-order valence-electron chi connectivity index (χ1n) is 9.42. The Hall–Kier alpha value is -2.33. The van der Waals surface area contributed by atoms with Crippen LogP contribution >= 0.6 is 0 Å². The van der Waals surface area contributed by atoms with Gasteiger partial charge in [-0.3, -0.25) is 0 Å². The lowest BCUT2D eigenvalue weighted by atomic mass is 9.97. The van der Waals surface area contributed by atoms with Crippen molar-refractivity contribution < 1.29 is 9.53 Å². The standard InChI is InChI=1S/C20H24N2O2.C2H6/c1-14-3-6-16-9-11-21-12-10-18(16)19(14)22-13-15-4-7-17(8-5-15)20(23)24-2;1-2/h3-8,21-22H,9-13H2,1-2H3;1-2H3. The molecule has 0 saturated heterocycles. The summed E-state index contributed by atoms with van der Waals surface area (Å²) in [4.78, 5) is 11.5. The molecule has 2 N–H and O–H groups in total. The molecular weight excluding hydrogens is 324 g/mol. The third-order valence-electron chi connectivity index (χ3n) is 4.59. The minimum absolute atomic E-state index is 0.300. The van der Waals surface area contributed by atoms with Gasteiger partial charge >= 0.3 is 5.97 Å². The normalized spacial score (nSPS) is 12.9. The molecule has 1 heterocycles. The molecule has 0 unspecified atom stereocenters. The summed E-state index contributed by atoms with van der Waals surface area (Å²) < 4.78 is 4.73. The zero-order valence-electron chi connectivity index (χ0n) is 16.3. The smallest absolute Gasteiger partial charge is 0.337 e. The fourth-order valence-corrected chi connectivity index (χ4v) is 3.20. The van der Waals surface area contributed by atoms with Crippen molar-refractivity contribution >= 4 is 11.7 Å². The average Bonchev–Trinajstić information content (AvgIpc) is 2.94. The summed E-state index contributed by atoms with van der Waals surface area (Å²) in [5.41, 5.74) is 7.14. The molecule has 1 aliphatic rings. The van der Waals surface area contributed by atoms with Crippen LogP contribution in [-0.2, 0) is 24.1 Å². The van der Waals surface area contributed by atoms with Crippen molar-refractivity contribution in [1.82, 2.24) is 5.32 Å². The molecule has 0 radical (unpaired) electrons. The van der Waals surface area contributed by atoms with Gasteiger partial charge < -0.3 is 15.4 Å². The van der Waals surface area contributed by atoms with Crippen LogP contribution in [0.15, 0.2) is 36.4 Å². The summed E-state index contributed by atoms with van der Waals surface area (Å²) in [6.45, 7) is 8.97. The van der Waals surface area contributed by atoms with Crippen molar-refractivity contribution in [2.75, 3.05) is 25.5 Å². The summed E-state index contributed by atoms with van der Waals surface area (Å²) in [5.74, 6) is -0.300. The van der Waals surface area contributed by atoms with E-state index in [0.29, 0.717) is 5.56 Å². The molecule has 3 rings (SSSR count). The molecule has 26 heavy (non-hydrogen) atoms. The fraction of sp³-hybridized carbons (Fsp3) is 0.409. The topological polar surface area (TPSA) is 50.4 Å². The van der Waals surface area contributed by atoms with Crippen LogP contribution in [0.5, 0.6) is 0 Å². The maximum absolute atomic E-state index is 11.5. The van der Waals surface area contributed by atoms with Crippen LogP contribution in [0.3, 0.4) is 0 Å². The van der Waals surface area contributed by atoms with Crippen molar-refractivity contribution in [3.05, 3.63) is 64.2 Å². The van der Waals surface area contributed by atoms with Gasteiger partial charge in [0.1, 0.15) is 0 Å². The Kier molecular flexibility index (Phi) is 7.67. The number of anilines is 1. The van der Waals surface area contributed by atoms with E-state index in [1.54, 1.807) is 0 Å². The number of methoxy groups -OCH3 is 1. The highest BCUT2D eigenvalue weighted by Crippen LogP contribution is 2.27. The molecule has 1 aliphatic heterocycles. The number of esters is 1. The molecule has 0 atom stereocenters. The molecule has 0 fully saturated rings. The number of ether oxygens (including phenoxy) is 1. The predicted molar refractivity (Wildman–Crippen MR) is 108 cm³/mol. The van der Waals surface area contributed by atoms with Gasteiger partial charge in [-0.2, -0.15) is 0 Å². The molecule has 4 nitrogen and oxygen atoms in total. The summed E-state index contributed by atoms with van der Waals surface area (Å²) in [6.07, 6.45) is 2.14. The molecule has 0 aliphatic carbocycles. The monoisotopic (exact) mass is 354 g/mol. The van der Waals surface area contributed by atoms with E-state index in [1.165, 1.54) is 29.5 Å². The van der Waals surface area contributed by atoms with E-state index >= 15 is 0 Å². The first-order chi connectivity index (χ1) is 12.7. The predicted octanol–water partition coefficient (Wildman–Crippen LogP) is 4.11. The Labute approximate surface area is 157 Å². The van der Waals surface area contributed by atoms with Crippen molar-refractivity contribution in [3.8, 4) is 0 Å². The quantitative estimate of drug-likeness (QED) is 0.812. The lowest BCUT2D eigenvalue weighted by Crippen LogP contribution is -2.16. The molecule has 2 aromatic rings. The van der Waals surface area contributed by atoms with E-state index < -0.39 is 0 Å². The number of benzene rings is 2. The highest BCUT2D eigenvalue weighted by molar-refractivity contribution is 5.89. The summed E-state index contributed by atoms with van der Waals surface area (Å²) in [6, 6.07) is 12.0. The molecule has 0 saturated carbocycles. The van der Waals surface area contributed by atoms with Crippen molar-refractivity contribution in [3.63, 3.8) is 0 Å². The summed E-state index contributed by atoms with van der Waals surface area (Å²) in [5, 5.41) is 7.07. The summed E-state index contributed by atoms with van der Waals surface area (Å²) in [7, 11) is 1.40. The number of carbonyl (C=O) groups is 1. The van der Waals surface area contributed by atoms with Crippen molar-refractivity contribution in [2.24, 2.45) is 0 Å². The van der Waals surface area contributed by atoms with Gasteiger partial charge in [-0.1, -0.05) is 38.1 Å². The Bertz CT molecular complexity index is 724. The van der Waals surface area contributed by atoms with E-state index in [1.807, 2.05) is 38.1 Å².